The van der Waals surface area contributed by atoms with Crippen LogP contribution in [-0.4, -0.2) is 15.5 Å². The van der Waals surface area contributed by atoms with Gasteiger partial charge in [0.25, 0.3) is 0 Å². The summed E-state index contributed by atoms with van der Waals surface area (Å²) in [6, 6.07) is 11.4. The van der Waals surface area contributed by atoms with Crippen molar-refractivity contribution in [1.29, 1.82) is 0 Å². The maximum atomic E-state index is 12.0. The van der Waals surface area contributed by atoms with Crippen molar-refractivity contribution in [2.75, 3.05) is 0 Å². The van der Waals surface area contributed by atoms with E-state index in [4.69, 9.17) is 4.42 Å². The minimum atomic E-state index is -0.165. The van der Waals surface area contributed by atoms with Crippen LogP contribution in [0.25, 0.3) is 11.8 Å². The van der Waals surface area contributed by atoms with Crippen LogP contribution in [0.4, 0.5) is 0 Å². The highest BCUT2D eigenvalue weighted by atomic mass is 16.3. The molecule has 0 spiro atoms. The van der Waals surface area contributed by atoms with Crippen LogP contribution in [0.3, 0.4) is 0 Å². The molecule has 0 aliphatic rings. The maximum Gasteiger partial charge on any atom is 0.244 e. The standard InChI is InChI=1S/C18H17N3O2/c1-14(20-18(22)8-7-17-6-3-11-23-17)15-4-2-5-16(12-15)21-10-9-19-13-21/h2-14H,1H3,(H,20,22)/b8-7-/t14-/m0/s1. The van der Waals surface area contributed by atoms with Crippen LogP contribution in [0.2, 0.25) is 0 Å². The van der Waals surface area contributed by atoms with Gasteiger partial charge in [-0.2, -0.15) is 0 Å². The minimum absolute atomic E-state index is 0.104. The summed E-state index contributed by atoms with van der Waals surface area (Å²) in [6.45, 7) is 1.95. The fourth-order valence-corrected chi connectivity index (χ4v) is 2.26. The lowest BCUT2D eigenvalue weighted by atomic mass is 10.1. The molecule has 2 heterocycles. The Hall–Kier alpha value is -3.08. The van der Waals surface area contributed by atoms with E-state index in [9.17, 15) is 4.79 Å². The Labute approximate surface area is 134 Å². The number of hydrogen-bond acceptors (Lipinski definition) is 3. The van der Waals surface area contributed by atoms with E-state index in [1.807, 2.05) is 42.0 Å². The lowest BCUT2D eigenvalue weighted by Gasteiger charge is -2.14. The van der Waals surface area contributed by atoms with Crippen LogP contribution in [-0.2, 0) is 4.79 Å². The molecule has 2 aromatic heterocycles. The number of aromatic nitrogens is 2. The zero-order chi connectivity index (χ0) is 16.1. The largest absolute Gasteiger partial charge is 0.465 e. The average molecular weight is 307 g/mol. The number of nitrogens with zero attached hydrogens (tertiary/aromatic N) is 2. The number of carbonyl (C=O) groups is 1. The van der Waals surface area contributed by atoms with E-state index in [2.05, 4.69) is 10.3 Å². The third-order valence-electron chi connectivity index (χ3n) is 3.47. The number of benzene rings is 1. The number of hydrogen-bond donors (Lipinski definition) is 1. The van der Waals surface area contributed by atoms with Crippen molar-refractivity contribution in [3.63, 3.8) is 0 Å². The summed E-state index contributed by atoms with van der Waals surface area (Å²) in [5, 5.41) is 2.94. The second-order valence-corrected chi connectivity index (χ2v) is 5.14. The maximum absolute atomic E-state index is 12.0. The summed E-state index contributed by atoms with van der Waals surface area (Å²) in [7, 11) is 0. The highest BCUT2D eigenvalue weighted by Crippen LogP contribution is 2.17. The number of carbonyl (C=O) groups excluding carboxylic acids is 1. The molecule has 116 valence electrons. The molecule has 1 aromatic carbocycles. The molecule has 5 nitrogen and oxygen atoms in total. The van der Waals surface area contributed by atoms with Crippen molar-refractivity contribution in [2.24, 2.45) is 0 Å². The summed E-state index contributed by atoms with van der Waals surface area (Å²) >= 11 is 0. The summed E-state index contributed by atoms with van der Waals surface area (Å²) in [5.41, 5.74) is 2.03. The molecular formula is C18H17N3O2. The number of nitrogens with one attached hydrogen (secondary N) is 1. The zero-order valence-electron chi connectivity index (χ0n) is 12.7. The van der Waals surface area contributed by atoms with Crippen molar-refractivity contribution in [1.82, 2.24) is 14.9 Å². The molecule has 5 heteroatoms. The lowest BCUT2D eigenvalue weighted by molar-refractivity contribution is -0.117. The Kier molecular flexibility index (Phi) is 4.38. The first-order valence-electron chi connectivity index (χ1n) is 7.33. The molecule has 23 heavy (non-hydrogen) atoms. The third-order valence-corrected chi connectivity index (χ3v) is 3.47. The van der Waals surface area contributed by atoms with Crippen LogP contribution < -0.4 is 5.32 Å². The third kappa shape index (κ3) is 3.77. The van der Waals surface area contributed by atoms with Gasteiger partial charge < -0.3 is 14.3 Å². The molecule has 3 aromatic rings. The predicted octanol–water partition coefficient (Wildman–Crippen LogP) is 3.36. The first-order chi connectivity index (χ1) is 11.2. The van der Waals surface area contributed by atoms with E-state index in [1.165, 1.54) is 6.08 Å². The van der Waals surface area contributed by atoms with Gasteiger partial charge in [-0.1, -0.05) is 12.1 Å². The van der Waals surface area contributed by atoms with Crippen LogP contribution >= 0.6 is 0 Å². The molecule has 1 amide bonds. The van der Waals surface area contributed by atoms with E-state index >= 15 is 0 Å². The van der Waals surface area contributed by atoms with Gasteiger partial charge in [-0.15, -0.1) is 0 Å². The van der Waals surface area contributed by atoms with Crippen molar-refractivity contribution in [3.8, 4) is 5.69 Å². The zero-order valence-corrected chi connectivity index (χ0v) is 12.7. The lowest BCUT2D eigenvalue weighted by Crippen LogP contribution is -2.24. The van der Waals surface area contributed by atoms with Gasteiger partial charge in [-0.25, -0.2) is 4.98 Å². The van der Waals surface area contributed by atoms with E-state index < -0.39 is 0 Å². The number of imidazole rings is 1. The van der Waals surface area contributed by atoms with Gasteiger partial charge in [0.05, 0.1) is 18.6 Å². The topological polar surface area (TPSA) is 60.1 Å². The SMILES string of the molecule is C[C@H](NC(=O)/C=C\c1ccco1)c1cccc(-n2ccnc2)c1. The van der Waals surface area contributed by atoms with Gasteiger partial charge in [-0.05, 0) is 42.8 Å². The molecule has 0 fully saturated rings. The molecule has 1 N–H and O–H groups in total. The second kappa shape index (κ2) is 6.79. The Balaban J connectivity index is 1.67. The van der Waals surface area contributed by atoms with Crippen molar-refractivity contribution in [2.45, 2.75) is 13.0 Å². The van der Waals surface area contributed by atoms with E-state index in [-0.39, 0.29) is 11.9 Å². The molecule has 0 unspecified atom stereocenters. The number of amides is 1. The smallest absolute Gasteiger partial charge is 0.244 e. The Morgan fingerprint density at radius 3 is 3.00 bits per heavy atom. The van der Waals surface area contributed by atoms with E-state index in [1.54, 1.807) is 37.0 Å². The van der Waals surface area contributed by atoms with Gasteiger partial charge >= 0.3 is 0 Å². The van der Waals surface area contributed by atoms with Gasteiger partial charge in [0, 0.05) is 24.2 Å². The second-order valence-electron chi connectivity index (χ2n) is 5.14. The first kappa shape index (κ1) is 14.8. The Bertz CT molecular complexity index is 790. The van der Waals surface area contributed by atoms with Crippen molar-refractivity contribution < 1.29 is 9.21 Å². The van der Waals surface area contributed by atoms with Crippen molar-refractivity contribution >= 4 is 12.0 Å². The molecule has 0 aliphatic carbocycles. The Morgan fingerprint density at radius 2 is 2.26 bits per heavy atom. The quantitative estimate of drug-likeness (QED) is 0.735. The van der Waals surface area contributed by atoms with E-state index in [0.29, 0.717) is 5.76 Å². The number of rotatable bonds is 5. The molecule has 0 saturated carbocycles. The number of furan rings is 1. The average Bonchev–Trinajstić information content (AvgIpc) is 3.26. The molecular weight excluding hydrogens is 290 g/mol. The molecule has 0 bridgehead atoms. The van der Waals surface area contributed by atoms with Gasteiger partial charge in [0.15, 0.2) is 0 Å². The fourth-order valence-electron chi connectivity index (χ4n) is 2.26. The van der Waals surface area contributed by atoms with Gasteiger partial charge in [0.1, 0.15) is 5.76 Å². The molecule has 0 aliphatic heterocycles. The van der Waals surface area contributed by atoms with Crippen LogP contribution in [0.5, 0.6) is 0 Å². The van der Waals surface area contributed by atoms with Crippen LogP contribution in [0.15, 0.2) is 71.9 Å². The molecule has 0 radical (unpaired) electrons. The first-order valence-corrected chi connectivity index (χ1v) is 7.33. The van der Waals surface area contributed by atoms with Gasteiger partial charge in [0.2, 0.25) is 5.91 Å². The molecule has 3 rings (SSSR count). The summed E-state index contributed by atoms with van der Waals surface area (Å²) < 4.78 is 7.08. The highest BCUT2D eigenvalue weighted by Gasteiger charge is 2.08. The molecule has 0 saturated heterocycles. The van der Waals surface area contributed by atoms with Crippen molar-refractivity contribution in [3.05, 3.63) is 78.8 Å². The van der Waals surface area contributed by atoms with Crippen LogP contribution in [0.1, 0.15) is 24.3 Å². The molecule has 1 atom stereocenters. The minimum Gasteiger partial charge on any atom is -0.465 e. The fraction of sp³-hybridized carbons (Fsp3) is 0.111. The highest BCUT2D eigenvalue weighted by molar-refractivity contribution is 5.91. The predicted molar refractivity (Wildman–Crippen MR) is 87.9 cm³/mol. The van der Waals surface area contributed by atoms with E-state index in [0.717, 1.165) is 11.3 Å². The van der Waals surface area contributed by atoms with Gasteiger partial charge in [-0.3, -0.25) is 4.79 Å². The summed E-state index contributed by atoms with van der Waals surface area (Å²) in [4.78, 5) is 16.0. The normalized spacial score (nSPS) is 12.4. The monoisotopic (exact) mass is 307 g/mol. The Morgan fingerprint density at radius 1 is 1.35 bits per heavy atom. The summed E-state index contributed by atoms with van der Waals surface area (Å²) in [5.74, 6) is 0.483. The van der Waals surface area contributed by atoms with Crippen LogP contribution in [0, 0.1) is 0 Å². The summed E-state index contributed by atoms with van der Waals surface area (Å²) in [6.07, 6.45) is 10.0.